The zero-order chi connectivity index (χ0) is 13.8. The molecule has 20 heavy (non-hydrogen) atoms. The molecule has 0 aliphatic carbocycles. The van der Waals surface area contributed by atoms with Crippen LogP contribution in [0.2, 0.25) is 0 Å². The molecule has 3 rings (SSSR count). The van der Waals surface area contributed by atoms with Crippen LogP contribution in [0.15, 0.2) is 67.3 Å². The highest BCUT2D eigenvalue weighted by Gasteiger charge is 2.09. The van der Waals surface area contributed by atoms with E-state index < -0.39 is 0 Å². The quantitative estimate of drug-likeness (QED) is 0.720. The van der Waals surface area contributed by atoms with Crippen LogP contribution in [0.3, 0.4) is 0 Å². The number of benzene rings is 2. The van der Waals surface area contributed by atoms with Gasteiger partial charge in [-0.1, -0.05) is 42.5 Å². The van der Waals surface area contributed by atoms with Crippen molar-refractivity contribution in [3.63, 3.8) is 0 Å². The molecule has 0 aliphatic rings. The molecule has 3 aromatic rings. The molecule has 0 unspecified atom stereocenters. The molecule has 1 aromatic heterocycles. The first kappa shape index (κ1) is 12.5. The van der Waals surface area contributed by atoms with Crippen LogP contribution in [0.5, 0.6) is 5.75 Å². The number of nitrogens with zero attached hydrogens (tertiary/aromatic N) is 2. The van der Waals surface area contributed by atoms with Gasteiger partial charge in [0.1, 0.15) is 5.75 Å². The number of ether oxygens (including phenoxy) is 1. The zero-order valence-corrected chi connectivity index (χ0v) is 11.4. The summed E-state index contributed by atoms with van der Waals surface area (Å²) in [7, 11) is 1.71. The molecule has 0 aliphatic heterocycles. The standard InChI is InChI=1S/C17H16N2O/c1-20-17-9-5-4-8-16(17)15-7-3-2-6-14(15)12-19-11-10-18-13-19/h2-11,13H,12H2,1H3. The van der Waals surface area contributed by atoms with Crippen molar-refractivity contribution in [2.75, 3.05) is 7.11 Å². The zero-order valence-electron chi connectivity index (χ0n) is 11.4. The van der Waals surface area contributed by atoms with Gasteiger partial charge in [-0.05, 0) is 17.2 Å². The van der Waals surface area contributed by atoms with E-state index in [2.05, 4.69) is 39.9 Å². The SMILES string of the molecule is COc1ccccc1-c1ccccc1Cn1ccnc1. The number of para-hydroxylation sites is 1. The lowest BCUT2D eigenvalue weighted by Crippen LogP contribution is -1.99. The van der Waals surface area contributed by atoms with Gasteiger partial charge in [-0.25, -0.2) is 4.98 Å². The number of hydrogen-bond acceptors (Lipinski definition) is 2. The van der Waals surface area contributed by atoms with Crippen molar-refractivity contribution in [1.82, 2.24) is 9.55 Å². The highest BCUT2D eigenvalue weighted by atomic mass is 16.5. The van der Waals surface area contributed by atoms with Gasteiger partial charge in [0.05, 0.1) is 13.4 Å². The lowest BCUT2D eigenvalue weighted by atomic mass is 9.99. The third kappa shape index (κ3) is 2.43. The second kappa shape index (κ2) is 5.61. The van der Waals surface area contributed by atoms with E-state index in [0.717, 1.165) is 17.9 Å². The van der Waals surface area contributed by atoms with E-state index in [4.69, 9.17) is 4.74 Å². The van der Waals surface area contributed by atoms with Gasteiger partial charge >= 0.3 is 0 Å². The number of aromatic nitrogens is 2. The van der Waals surface area contributed by atoms with Gasteiger partial charge in [0.15, 0.2) is 0 Å². The third-order valence-corrected chi connectivity index (χ3v) is 3.33. The van der Waals surface area contributed by atoms with Gasteiger partial charge in [-0.3, -0.25) is 0 Å². The Hall–Kier alpha value is -2.55. The first-order valence-corrected chi connectivity index (χ1v) is 6.55. The number of imidazole rings is 1. The van der Waals surface area contributed by atoms with Gasteiger partial charge < -0.3 is 9.30 Å². The van der Waals surface area contributed by atoms with Crippen molar-refractivity contribution < 1.29 is 4.74 Å². The monoisotopic (exact) mass is 264 g/mol. The Morgan fingerprint density at radius 1 is 1.00 bits per heavy atom. The van der Waals surface area contributed by atoms with Crippen LogP contribution in [-0.2, 0) is 6.54 Å². The first-order chi connectivity index (χ1) is 9.88. The predicted molar refractivity (Wildman–Crippen MR) is 79.8 cm³/mol. The van der Waals surface area contributed by atoms with Gasteiger partial charge in [-0.15, -0.1) is 0 Å². The average Bonchev–Trinajstić information content (AvgIpc) is 3.01. The fourth-order valence-corrected chi connectivity index (χ4v) is 2.37. The molecule has 0 saturated carbocycles. The van der Waals surface area contributed by atoms with Crippen molar-refractivity contribution in [2.45, 2.75) is 6.54 Å². The molecule has 0 bridgehead atoms. The van der Waals surface area contributed by atoms with E-state index in [0.29, 0.717) is 0 Å². The van der Waals surface area contributed by atoms with Crippen LogP contribution in [0.4, 0.5) is 0 Å². The predicted octanol–water partition coefficient (Wildman–Crippen LogP) is 3.61. The van der Waals surface area contributed by atoms with Crippen molar-refractivity contribution in [1.29, 1.82) is 0 Å². The highest BCUT2D eigenvalue weighted by Crippen LogP contribution is 2.32. The second-order valence-corrected chi connectivity index (χ2v) is 4.59. The summed E-state index contributed by atoms with van der Waals surface area (Å²) in [5.41, 5.74) is 3.55. The van der Waals surface area contributed by atoms with Crippen molar-refractivity contribution in [3.05, 3.63) is 72.8 Å². The summed E-state index contributed by atoms with van der Waals surface area (Å²) in [5, 5.41) is 0. The average molecular weight is 264 g/mol. The molecule has 0 N–H and O–H groups in total. The maximum absolute atomic E-state index is 5.47. The van der Waals surface area contributed by atoms with E-state index in [9.17, 15) is 0 Å². The minimum absolute atomic E-state index is 0.800. The summed E-state index contributed by atoms with van der Waals surface area (Å²) in [6, 6.07) is 16.5. The largest absolute Gasteiger partial charge is 0.496 e. The molecule has 0 amide bonds. The van der Waals surface area contributed by atoms with Crippen LogP contribution in [0.25, 0.3) is 11.1 Å². The molecule has 1 heterocycles. The van der Waals surface area contributed by atoms with Gasteiger partial charge in [0.25, 0.3) is 0 Å². The lowest BCUT2D eigenvalue weighted by molar-refractivity contribution is 0.416. The van der Waals surface area contributed by atoms with Crippen LogP contribution in [0, 0.1) is 0 Å². The molecule has 2 aromatic carbocycles. The Balaban J connectivity index is 2.05. The normalized spacial score (nSPS) is 10.4. The third-order valence-electron chi connectivity index (χ3n) is 3.33. The van der Waals surface area contributed by atoms with Crippen LogP contribution < -0.4 is 4.74 Å². The van der Waals surface area contributed by atoms with Gasteiger partial charge in [0, 0.05) is 24.5 Å². The lowest BCUT2D eigenvalue weighted by Gasteiger charge is -2.13. The first-order valence-electron chi connectivity index (χ1n) is 6.55. The molecule has 0 radical (unpaired) electrons. The maximum Gasteiger partial charge on any atom is 0.126 e. The molecule has 100 valence electrons. The summed E-state index contributed by atoms with van der Waals surface area (Å²) < 4.78 is 7.53. The van der Waals surface area contributed by atoms with E-state index in [1.807, 2.05) is 30.7 Å². The van der Waals surface area contributed by atoms with Crippen LogP contribution in [-0.4, -0.2) is 16.7 Å². The Labute approximate surface area is 118 Å². The van der Waals surface area contributed by atoms with E-state index in [1.165, 1.54) is 11.1 Å². The topological polar surface area (TPSA) is 27.1 Å². The van der Waals surface area contributed by atoms with Crippen LogP contribution >= 0.6 is 0 Å². The van der Waals surface area contributed by atoms with E-state index in [1.54, 1.807) is 13.3 Å². The Kier molecular flexibility index (Phi) is 3.50. The smallest absolute Gasteiger partial charge is 0.126 e. The Bertz CT molecular complexity index is 690. The molecule has 0 fully saturated rings. The highest BCUT2D eigenvalue weighted by molar-refractivity contribution is 5.73. The van der Waals surface area contributed by atoms with Crippen LogP contribution in [0.1, 0.15) is 5.56 Å². The van der Waals surface area contributed by atoms with Crippen molar-refractivity contribution in [2.24, 2.45) is 0 Å². The molecular weight excluding hydrogens is 248 g/mol. The molecule has 0 saturated heterocycles. The second-order valence-electron chi connectivity index (χ2n) is 4.59. The summed E-state index contributed by atoms with van der Waals surface area (Å²) in [5.74, 6) is 0.894. The van der Waals surface area contributed by atoms with E-state index in [-0.39, 0.29) is 0 Å². The van der Waals surface area contributed by atoms with Gasteiger partial charge in [0.2, 0.25) is 0 Å². The molecule has 3 heteroatoms. The maximum atomic E-state index is 5.47. The molecule has 0 atom stereocenters. The summed E-state index contributed by atoms with van der Waals surface area (Å²) in [4.78, 5) is 4.09. The van der Waals surface area contributed by atoms with Crippen molar-refractivity contribution in [3.8, 4) is 16.9 Å². The van der Waals surface area contributed by atoms with Crippen molar-refractivity contribution >= 4 is 0 Å². The molecular formula is C17H16N2O. The minimum Gasteiger partial charge on any atom is -0.496 e. The Morgan fingerprint density at radius 3 is 2.50 bits per heavy atom. The van der Waals surface area contributed by atoms with E-state index >= 15 is 0 Å². The van der Waals surface area contributed by atoms with Gasteiger partial charge in [-0.2, -0.15) is 0 Å². The summed E-state index contributed by atoms with van der Waals surface area (Å²) in [6.07, 6.45) is 5.60. The molecule has 0 spiro atoms. The number of rotatable bonds is 4. The number of methoxy groups -OCH3 is 1. The fourth-order valence-electron chi connectivity index (χ4n) is 2.37. The Morgan fingerprint density at radius 2 is 1.75 bits per heavy atom. The fraction of sp³-hybridized carbons (Fsp3) is 0.118. The molecule has 3 nitrogen and oxygen atoms in total. The summed E-state index contributed by atoms with van der Waals surface area (Å²) in [6.45, 7) is 0.800. The summed E-state index contributed by atoms with van der Waals surface area (Å²) >= 11 is 0. The minimum atomic E-state index is 0.800. The number of hydrogen-bond donors (Lipinski definition) is 0.